The number of amides is 1. The highest BCUT2D eigenvalue weighted by Crippen LogP contribution is 2.20. The quantitative estimate of drug-likeness (QED) is 0.597. The maximum absolute atomic E-state index is 12.8. The summed E-state index contributed by atoms with van der Waals surface area (Å²) in [6.45, 7) is 5.93. The maximum atomic E-state index is 12.8. The van der Waals surface area contributed by atoms with E-state index in [-0.39, 0.29) is 17.5 Å². The highest BCUT2D eigenvalue weighted by Gasteiger charge is 2.24. The molecular formula is C18H23NO3S. The van der Waals surface area contributed by atoms with Gasteiger partial charge in [-0.25, -0.2) is 4.79 Å². The third-order valence-corrected chi connectivity index (χ3v) is 5.08. The molecule has 23 heavy (non-hydrogen) atoms. The van der Waals surface area contributed by atoms with E-state index in [4.69, 9.17) is 4.42 Å². The molecule has 4 nitrogen and oxygen atoms in total. The predicted octanol–water partition coefficient (Wildman–Crippen LogP) is 3.71. The smallest absolute Gasteiger partial charge is 0.349 e. The molecule has 1 amide bonds. The normalized spacial score (nSPS) is 12.3. The van der Waals surface area contributed by atoms with Crippen molar-refractivity contribution in [3.8, 4) is 0 Å². The number of aryl methyl sites for hydroxylation is 1. The lowest BCUT2D eigenvalue weighted by atomic mass is 10.0. The predicted molar refractivity (Wildman–Crippen MR) is 96.4 cm³/mol. The number of fused-ring (bicyclic) bond motifs is 1. The van der Waals surface area contributed by atoms with Gasteiger partial charge in [-0.1, -0.05) is 25.1 Å². The zero-order chi connectivity index (χ0) is 17.0. The van der Waals surface area contributed by atoms with E-state index in [2.05, 4.69) is 6.92 Å². The molecule has 0 N–H and O–H groups in total. The molecule has 5 heteroatoms. The van der Waals surface area contributed by atoms with E-state index < -0.39 is 5.63 Å². The number of thioether (sulfide) groups is 1. The Kier molecular flexibility index (Phi) is 5.88. The van der Waals surface area contributed by atoms with Crippen molar-refractivity contribution in [1.82, 2.24) is 4.90 Å². The van der Waals surface area contributed by atoms with E-state index in [0.29, 0.717) is 11.1 Å². The van der Waals surface area contributed by atoms with Crippen molar-refractivity contribution in [1.29, 1.82) is 0 Å². The first-order chi connectivity index (χ1) is 11.0. The largest absolute Gasteiger partial charge is 0.422 e. The van der Waals surface area contributed by atoms with E-state index in [1.807, 2.05) is 36.9 Å². The van der Waals surface area contributed by atoms with Crippen molar-refractivity contribution >= 4 is 28.6 Å². The van der Waals surface area contributed by atoms with Gasteiger partial charge >= 0.3 is 5.63 Å². The zero-order valence-corrected chi connectivity index (χ0v) is 14.9. The number of para-hydroxylation sites is 1. The van der Waals surface area contributed by atoms with Crippen LogP contribution in [0.5, 0.6) is 0 Å². The molecule has 0 spiro atoms. The average Bonchev–Trinajstić information content (AvgIpc) is 2.54. The van der Waals surface area contributed by atoms with Gasteiger partial charge in [0.25, 0.3) is 5.91 Å². The summed E-state index contributed by atoms with van der Waals surface area (Å²) in [7, 11) is 1.75. The Morgan fingerprint density at radius 1 is 1.35 bits per heavy atom. The number of benzene rings is 1. The van der Waals surface area contributed by atoms with Crippen molar-refractivity contribution in [2.24, 2.45) is 0 Å². The number of carbonyl (C=O) groups is 1. The second kappa shape index (κ2) is 7.68. The summed E-state index contributed by atoms with van der Waals surface area (Å²) < 4.78 is 5.32. The van der Waals surface area contributed by atoms with Crippen LogP contribution in [0, 0.1) is 6.92 Å². The summed E-state index contributed by atoms with van der Waals surface area (Å²) in [5.41, 5.74) is 0.778. The summed E-state index contributed by atoms with van der Waals surface area (Å²) in [5, 5.41) is 0.804. The van der Waals surface area contributed by atoms with Crippen molar-refractivity contribution in [2.45, 2.75) is 33.2 Å². The van der Waals surface area contributed by atoms with Crippen LogP contribution < -0.4 is 5.63 Å². The topological polar surface area (TPSA) is 50.5 Å². The van der Waals surface area contributed by atoms with Crippen LogP contribution in [0.4, 0.5) is 0 Å². The van der Waals surface area contributed by atoms with Gasteiger partial charge in [0.1, 0.15) is 11.1 Å². The Hall–Kier alpha value is -1.75. The summed E-state index contributed by atoms with van der Waals surface area (Å²) in [6.07, 6.45) is 0.901. The van der Waals surface area contributed by atoms with E-state index in [1.165, 1.54) is 0 Å². The second-order valence-corrected chi connectivity index (χ2v) is 7.03. The van der Waals surface area contributed by atoms with Gasteiger partial charge in [0, 0.05) is 18.5 Å². The van der Waals surface area contributed by atoms with Gasteiger partial charge in [-0.3, -0.25) is 4.79 Å². The van der Waals surface area contributed by atoms with Gasteiger partial charge in [-0.2, -0.15) is 11.8 Å². The summed E-state index contributed by atoms with van der Waals surface area (Å²) in [6, 6.07) is 7.37. The van der Waals surface area contributed by atoms with E-state index >= 15 is 0 Å². The molecular weight excluding hydrogens is 310 g/mol. The zero-order valence-electron chi connectivity index (χ0n) is 14.1. The number of carbonyl (C=O) groups excluding carboxylic acids is 1. The van der Waals surface area contributed by atoms with Crippen LogP contribution in [0.3, 0.4) is 0 Å². The second-order valence-electron chi connectivity index (χ2n) is 5.64. The lowest BCUT2D eigenvalue weighted by Crippen LogP contribution is -2.38. The summed E-state index contributed by atoms with van der Waals surface area (Å²) >= 11 is 1.85. The number of hydrogen-bond donors (Lipinski definition) is 0. The molecule has 1 heterocycles. The van der Waals surface area contributed by atoms with E-state index in [1.54, 1.807) is 24.9 Å². The molecule has 0 aliphatic heterocycles. The Bertz CT molecular complexity index is 754. The minimum absolute atomic E-state index is 0.0758. The minimum Gasteiger partial charge on any atom is -0.422 e. The third kappa shape index (κ3) is 3.78. The molecule has 0 aliphatic rings. The monoisotopic (exact) mass is 333 g/mol. The number of nitrogens with zero attached hydrogens (tertiary/aromatic N) is 1. The molecule has 0 saturated heterocycles. The van der Waals surface area contributed by atoms with Gasteiger partial charge in [0.15, 0.2) is 0 Å². The van der Waals surface area contributed by atoms with Crippen LogP contribution in [0.15, 0.2) is 33.5 Å². The fourth-order valence-electron chi connectivity index (χ4n) is 2.52. The van der Waals surface area contributed by atoms with Crippen LogP contribution in [0.1, 0.15) is 36.2 Å². The Labute approximate surface area is 140 Å². The van der Waals surface area contributed by atoms with Crippen LogP contribution in [0.2, 0.25) is 0 Å². The minimum atomic E-state index is -0.562. The lowest BCUT2D eigenvalue weighted by molar-refractivity contribution is 0.0736. The first kappa shape index (κ1) is 17.6. The highest BCUT2D eigenvalue weighted by atomic mass is 32.2. The van der Waals surface area contributed by atoms with Crippen molar-refractivity contribution in [2.75, 3.05) is 18.6 Å². The Balaban J connectivity index is 2.32. The van der Waals surface area contributed by atoms with Gasteiger partial charge in [-0.05, 0) is 43.4 Å². The Morgan fingerprint density at radius 3 is 2.74 bits per heavy atom. The van der Waals surface area contributed by atoms with Crippen LogP contribution in [-0.4, -0.2) is 35.4 Å². The molecule has 0 fully saturated rings. The first-order valence-corrected chi connectivity index (χ1v) is 9.00. The number of rotatable bonds is 6. The third-order valence-electron chi connectivity index (χ3n) is 4.15. The average molecular weight is 333 g/mol. The molecule has 1 aromatic carbocycles. The molecule has 0 bridgehead atoms. The molecule has 1 atom stereocenters. The summed E-state index contributed by atoms with van der Waals surface area (Å²) in [5.74, 6) is 1.80. The SMILES string of the molecule is CCSCC[C@@H](C)N(C)C(=O)c1c(C)c2ccccc2oc1=O. The Morgan fingerprint density at radius 2 is 2.04 bits per heavy atom. The molecule has 1 aromatic heterocycles. The lowest BCUT2D eigenvalue weighted by Gasteiger charge is -2.25. The van der Waals surface area contributed by atoms with Crippen molar-refractivity contribution < 1.29 is 9.21 Å². The van der Waals surface area contributed by atoms with Crippen LogP contribution in [-0.2, 0) is 0 Å². The molecule has 2 aromatic rings. The van der Waals surface area contributed by atoms with Gasteiger partial charge in [-0.15, -0.1) is 0 Å². The fraction of sp³-hybridized carbons (Fsp3) is 0.444. The number of hydrogen-bond acceptors (Lipinski definition) is 4. The van der Waals surface area contributed by atoms with Crippen molar-refractivity contribution in [3.63, 3.8) is 0 Å². The van der Waals surface area contributed by atoms with Crippen molar-refractivity contribution in [3.05, 3.63) is 45.8 Å². The maximum Gasteiger partial charge on any atom is 0.349 e. The van der Waals surface area contributed by atoms with Crippen LogP contribution in [0.25, 0.3) is 11.0 Å². The molecule has 0 saturated carbocycles. The van der Waals surface area contributed by atoms with Crippen LogP contribution >= 0.6 is 11.8 Å². The standard InChI is InChI=1S/C18H23NO3S/c1-5-23-11-10-12(2)19(4)17(20)16-13(3)14-8-6-7-9-15(14)22-18(16)21/h6-9,12H,5,10-11H2,1-4H3/t12-/m1/s1. The van der Waals surface area contributed by atoms with E-state index in [0.717, 1.165) is 23.3 Å². The first-order valence-electron chi connectivity index (χ1n) is 7.84. The molecule has 2 rings (SSSR count). The summed E-state index contributed by atoms with van der Waals surface area (Å²) in [4.78, 5) is 26.7. The molecule has 0 aliphatic carbocycles. The highest BCUT2D eigenvalue weighted by molar-refractivity contribution is 7.99. The van der Waals surface area contributed by atoms with E-state index in [9.17, 15) is 9.59 Å². The molecule has 0 radical (unpaired) electrons. The van der Waals surface area contributed by atoms with Gasteiger partial charge < -0.3 is 9.32 Å². The van der Waals surface area contributed by atoms with Gasteiger partial charge in [0.2, 0.25) is 0 Å². The molecule has 124 valence electrons. The molecule has 0 unspecified atom stereocenters. The van der Waals surface area contributed by atoms with Gasteiger partial charge in [0.05, 0.1) is 0 Å². The fourth-order valence-corrected chi connectivity index (χ4v) is 3.32.